The lowest BCUT2D eigenvalue weighted by Crippen LogP contribution is -2.26. The molecule has 0 unspecified atom stereocenters. The lowest BCUT2D eigenvalue weighted by atomic mass is 9.94. The zero-order valence-corrected chi connectivity index (χ0v) is 12.1. The third kappa shape index (κ3) is 3.50. The van der Waals surface area contributed by atoms with Crippen LogP contribution in [0.15, 0.2) is 36.4 Å². The molecule has 0 aliphatic carbocycles. The SMILES string of the molecule is CC(C)CC[C@H](O)[C@H](N)c1ccc2cc(O)ccc2c1. The zero-order chi connectivity index (χ0) is 14.7. The Balaban J connectivity index is 2.17. The van der Waals surface area contributed by atoms with Gasteiger partial charge in [-0.2, -0.15) is 0 Å². The van der Waals surface area contributed by atoms with Crippen LogP contribution in [0.25, 0.3) is 10.8 Å². The normalized spacial score (nSPS) is 14.7. The first-order chi connectivity index (χ1) is 9.47. The molecule has 4 N–H and O–H groups in total. The van der Waals surface area contributed by atoms with Gasteiger partial charge in [0.2, 0.25) is 0 Å². The van der Waals surface area contributed by atoms with Crippen molar-refractivity contribution in [2.75, 3.05) is 0 Å². The van der Waals surface area contributed by atoms with Gasteiger partial charge in [0.15, 0.2) is 0 Å². The standard InChI is InChI=1S/C17H23NO2/c1-11(2)3-8-16(20)17(18)14-5-4-13-10-15(19)7-6-12(13)9-14/h4-7,9-11,16-17,19-20H,3,8,18H2,1-2H3/t16-,17+/m0/s1. The maximum atomic E-state index is 10.2. The number of phenolic OH excluding ortho intramolecular Hbond substituents is 1. The van der Waals surface area contributed by atoms with Gasteiger partial charge >= 0.3 is 0 Å². The van der Waals surface area contributed by atoms with E-state index in [2.05, 4.69) is 13.8 Å². The van der Waals surface area contributed by atoms with Crippen molar-refractivity contribution in [2.24, 2.45) is 11.7 Å². The summed E-state index contributed by atoms with van der Waals surface area (Å²) in [5.41, 5.74) is 7.08. The van der Waals surface area contributed by atoms with Crippen LogP contribution in [-0.4, -0.2) is 16.3 Å². The fourth-order valence-corrected chi connectivity index (χ4v) is 2.36. The molecule has 3 nitrogen and oxygen atoms in total. The molecule has 3 heteroatoms. The molecule has 0 heterocycles. The van der Waals surface area contributed by atoms with Gasteiger partial charge in [-0.25, -0.2) is 0 Å². The fraction of sp³-hybridized carbons (Fsp3) is 0.412. The second-order valence-corrected chi connectivity index (χ2v) is 5.86. The predicted molar refractivity (Wildman–Crippen MR) is 82.6 cm³/mol. The Morgan fingerprint density at radius 1 is 1.00 bits per heavy atom. The molecule has 0 radical (unpaired) electrons. The summed E-state index contributed by atoms with van der Waals surface area (Å²) in [6, 6.07) is 10.7. The maximum Gasteiger partial charge on any atom is 0.116 e. The van der Waals surface area contributed by atoms with Crippen molar-refractivity contribution in [3.05, 3.63) is 42.0 Å². The van der Waals surface area contributed by atoms with E-state index in [1.807, 2.05) is 24.3 Å². The average molecular weight is 273 g/mol. The number of phenols is 1. The van der Waals surface area contributed by atoms with Crippen LogP contribution in [0.3, 0.4) is 0 Å². The van der Waals surface area contributed by atoms with Crippen molar-refractivity contribution >= 4 is 10.8 Å². The summed E-state index contributed by atoms with van der Waals surface area (Å²) < 4.78 is 0. The number of aromatic hydroxyl groups is 1. The molecule has 0 aromatic heterocycles. The number of nitrogens with two attached hydrogens (primary N) is 1. The molecule has 0 bridgehead atoms. The van der Waals surface area contributed by atoms with Crippen molar-refractivity contribution in [3.63, 3.8) is 0 Å². The lowest BCUT2D eigenvalue weighted by Gasteiger charge is -2.20. The molecule has 0 fully saturated rings. The molecule has 0 amide bonds. The molecule has 0 saturated heterocycles. The number of aliphatic hydroxyl groups excluding tert-OH is 1. The van der Waals surface area contributed by atoms with E-state index in [1.54, 1.807) is 12.1 Å². The fourth-order valence-electron chi connectivity index (χ4n) is 2.36. The summed E-state index contributed by atoms with van der Waals surface area (Å²) in [6.07, 6.45) is 1.16. The van der Waals surface area contributed by atoms with Crippen molar-refractivity contribution in [1.29, 1.82) is 0 Å². The molecule has 108 valence electrons. The smallest absolute Gasteiger partial charge is 0.116 e. The first-order valence-electron chi connectivity index (χ1n) is 7.13. The summed E-state index contributed by atoms with van der Waals surface area (Å²) in [7, 11) is 0. The van der Waals surface area contributed by atoms with Gasteiger partial charge in [0.05, 0.1) is 12.1 Å². The highest BCUT2D eigenvalue weighted by Crippen LogP contribution is 2.25. The lowest BCUT2D eigenvalue weighted by molar-refractivity contribution is 0.128. The number of fused-ring (bicyclic) bond motifs is 1. The molecule has 2 aromatic rings. The van der Waals surface area contributed by atoms with Crippen molar-refractivity contribution in [3.8, 4) is 5.75 Å². The van der Waals surface area contributed by atoms with Gasteiger partial charge in [-0.1, -0.05) is 32.0 Å². The van der Waals surface area contributed by atoms with E-state index in [0.717, 1.165) is 22.8 Å². The average Bonchev–Trinajstić information content (AvgIpc) is 2.43. The van der Waals surface area contributed by atoms with Crippen molar-refractivity contribution in [1.82, 2.24) is 0 Å². The molecule has 20 heavy (non-hydrogen) atoms. The largest absolute Gasteiger partial charge is 0.508 e. The number of rotatable bonds is 5. The van der Waals surface area contributed by atoms with Crippen LogP contribution in [0.4, 0.5) is 0 Å². The summed E-state index contributed by atoms with van der Waals surface area (Å²) in [5.74, 6) is 0.822. The molecular weight excluding hydrogens is 250 g/mol. The molecule has 0 spiro atoms. The summed E-state index contributed by atoms with van der Waals surface area (Å²) in [5, 5.41) is 21.6. The van der Waals surface area contributed by atoms with Gasteiger partial charge in [-0.15, -0.1) is 0 Å². The topological polar surface area (TPSA) is 66.5 Å². The number of hydrogen-bond donors (Lipinski definition) is 3. The third-order valence-electron chi connectivity index (χ3n) is 3.69. The molecule has 2 atom stereocenters. The van der Waals surface area contributed by atoms with E-state index in [0.29, 0.717) is 12.3 Å². The Morgan fingerprint density at radius 3 is 2.35 bits per heavy atom. The monoisotopic (exact) mass is 273 g/mol. The molecule has 2 rings (SSSR count). The minimum Gasteiger partial charge on any atom is -0.508 e. The molecule has 0 saturated carbocycles. The van der Waals surface area contributed by atoms with E-state index in [9.17, 15) is 10.2 Å². The molecular formula is C17H23NO2. The van der Waals surface area contributed by atoms with Gasteiger partial charge in [0, 0.05) is 0 Å². The Morgan fingerprint density at radius 2 is 1.65 bits per heavy atom. The Labute approximate surface area is 120 Å². The van der Waals surface area contributed by atoms with Crippen molar-refractivity contribution < 1.29 is 10.2 Å². The van der Waals surface area contributed by atoms with E-state index >= 15 is 0 Å². The highest BCUT2D eigenvalue weighted by Gasteiger charge is 2.17. The van der Waals surface area contributed by atoms with Crippen LogP contribution in [-0.2, 0) is 0 Å². The molecule has 2 aromatic carbocycles. The van der Waals surface area contributed by atoms with Crippen LogP contribution in [0.1, 0.15) is 38.3 Å². The van der Waals surface area contributed by atoms with Gasteiger partial charge in [0.1, 0.15) is 5.75 Å². The summed E-state index contributed by atoms with van der Waals surface area (Å²) in [6.45, 7) is 4.28. The number of hydrogen-bond acceptors (Lipinski definition) is 3. The van der Waals surface area contributed by atoms with Crippen LogP contribution in [0.5, 0.6) is 5.75 Å². The Bertz CT molecular complexity index is 580. The minimum absolute atomic E-state index is 0.256. The zero-order valence-electron chi connectivity index (χ0n) is 12.1. The Kier molecular flexibility index (Phi) is 4.63. The highest BCUT2D eigenvalue weighted by atomic mass is 16.3. The minimum atomic E-state index is -0.521. The first kappa shape index (κ1) is 14.8. The van der Waals surface area contributed by atoms with Crippen LogP contribution >= 0.6 is 0 Å². The predicted octanol–water partition coefficient (Wildman–Crippen LogP) is 3.34. The van der Waals surface area contributed by atoms with E-state index in [-0.39, 0.29) is 11.8 Å². The second kappa shape index (κ2) is 6.25. The van der Waals surface area contributed by atoms with Gasteiger partial charge in [-0.05, 0) is 53.3 Å². The van der Waals surface area contributed by atoms with Crippen LogP contribution < -0.4 is 5.73 Å². The van der Waals surface area contributed by atoms with Gasteiger partial charge in [-0.3, -0.25) is 0 Å². The van der Waals surface area contributed by atoms with E-state index in [1.165, 1.54) is 0 Å². The maximum absolute atomic E-state index is 10.2. The third-order valence-corrected chi connectivity index (χ3v) is 3.69. The van der Waals surface area contributed by atoms with E-state index < -0.39 is 6.10 Å². The quantitative estimate of drug-likeness (QED) is 0.782. The van der Waals surface area contributed by atoms with Crippen LogP contribution in [0.2, 0.25) is 0 Å². The van der Waals surface area contributed by atoms with Crippen molar-refractivity contribution in [2.45, 2.75) is 38.8 Å². The number of benzene rings is 2. The number of aliphatic hydroxyl groups is 1. The molecule has 0 aliphatic heterocycles. The first-order valence-corrected chi connectivity index (χ1v) is 7.13. The summed E-state index contributed by atoms with van der Waals surface area (Å²) in [4.78, 5) is 0. The highest BCUT2D eigenvalue weighted by molar-refractivity contribution is 5.84. The van der Waals surface area contributed by atoms with E-state index in [4.69, 9.17) is 5.73 Å². The Hall–Kier alpha value is -1.58. The summed E-state index contributed by atoms with van der Waals surface area (Å²) >= 11 is 0. The second-order valence-electron chi connectivity index (χ2n) is 5.86. The molecule has 0 aliphatic rings. The van der Waals surface area contributed by atoms with Gasteiger partial charge < -0.3 is 15.9 Å². The van der Waals surface area contributed by atoms with Gasteiger partial charge in [0.25, 0.3) is 0 Å². The van der Waals surface area contributed by atoms with Crippen LogP contribution in [0, 0.1) is 5.92 Å².